The fraction of sp³-hybridized carbons (Fsp3) is 0.222. The molecule has 0 aromatic carbocycles. The molecule has 2 rings (SSSR count). The van der Waals surface area contributed by atoms with E-state index in [1.807, 2.05) is 31.3 Å². The van der Waals surface area contributed by atoms with Crippen molar-refractivity contribution in [3.8, 4) is 0 Å². The normalized spacial score (nSPS) is 10.2. The summed E-state index contributed by atoms with van der Waals surface area (Å²) in [6.07, 6.45) is 3.49. The lowest BCUT2D eigenvalue weighted by atomic mass is 10.3. The van der Waals surface area contributed by atoms with Crippen molar-refractivity contribution in [2.24, 2.45) is 0 Å². The second-order valence-electron chi connectivity index (χ2n) is 2.87. The van der Waals surface area contributed by atoms with E-state index in [9.17, 15) is 0 Å². The summed E-state index contributed by atoms with van der Waals surface area (Å²) in [5.41, 5.74) is 2.03. The van der Waals surface area contributed by atoms with Crippen molar-refractivity contribution in [3.63, 3.8) is 0 Å². The lowest BCUT2D eigenvalue weighted by molar-refractivity contribution is 0.637. The summed E-state index contributed by atoms with van der Waals surface area (Å²) < 4.78 is 1.75. The van der Waals surface area contributed by atoms with Crippen molar-refractivity contribution in [2.45, 2.75) is 13.5 Å². The van der Waals surface area contributed by atoms with E-state index < -0.39 is 0 Å². The van der Waals surface area contributed by atoms with Crippen LogP contribution in [0.15, 0.2) is 30.6 Å². The zero-order chi connectivity index (χ0) is 9.10. The summed E-state index contributed by atoms with van der Waals surface area (Å²) in [7, 11) is 0. The van der Waals surface area contributed by atoms with Crippen LogP contribution in [0.4, 0.5) is 0 Å². The molecule has 0 aliphatic rings. The van der Waals surface area contributed by atoms with Crippen LogP contribution in [-0.4, -0.2) is 20.0 Å². The highest BCUT2D eigenvalue weighted by Crippen LogP contribution is 1.99. The van der Waals surface area contributed by atoms with Gasteiger partial charge in [-0.3, -0.25) is 4.98 Å². The molecule has 0 aliphatic carbocycles. The highest BCUT2D eigenvalue weighted by atomic mass is 15.4. The largest absolute Gasteiger partial charge is 0.256 e. The number of aromatic nitrogens is 4. The van der Waals surface area contributed by atoms with Gasteiger partial charge in [0.05, 0.1) is 18.4 Å². The van der Waals surface area contributed by atoms with E-state index in [-0.39, 0.29) is 0 Å². The molecule has 2 aromatic heterocycles. The minimum atomic E-state index is 0.682. The molecule has 4 nitrogen and oxygen atoms in total. The molecule has 0 saturated heterocycles. The molecule has 0 bridgehead atoms. The summed E-state index contributed by atoms with van der Waals surface area (Å²) in [6.45, 7) is 2.66. The lowest BCUT2D eigenvalue weighted by Gasteiger charge is -2.00. The number of aryl methyl sites for hydroxylation is 1. The van der Waals surface area contributed by atoms with Gasteiger partial charge in [-0.25, -0.2) is 4.68 Å². The van der Waals surface area contributed by atoms with Gasteiger partial charge in [0.1, 0.15) is 0 Å². The summed E-state index contributed by atoms with van der Waals surface area (Å²) in [5.74, 6) is 0. The predicted octanol–water partition coefficient (Wildman–Crippen LogP) is 1.03. The van der Waals surface area contributed by atoms with E-state index >= 15 is 0 Å². The number of rotatable bonds is 2. The monoisotopic (exact) mass is 174 g/mol. The molecule has 0 fully saturated rings. The van der Waals surface area contributed by atoms with Crippen molar-refractivity contribution in [2.75, 3.05) is 0 Å². The van der Waals surface area contributed by atoms with Crippen LogP contribution in [0, 0.1) is 6.92 Å². The molecule has 2 heterocycles. The van der Waals surface area contributed by atoms with Crippen molar-refractivity contribution < 1.29 is 0 Å². The fourth-order valence-corrected chi connectivity index (χ4v) is 1.17. The van der Waals surface area contributed by atoms with E-state index in [2.05, 4.69) is 15.3 Å². The average Bonchev–Trinajstić information content (AvgIpc) is 2.57. The van der Waals surface area contributed by atoms with E-state index in [1.165, 1.54) is 0 Å². The van der Waals surface area contributed by atoms with Crippen molar-refractivity contribution in [3.05, 3.63) is 42.0 Å². The third-order valence-electron chi connectivity index (χ3n) is 1.74. The smallest absolute Gasteiger partial charge is 0.0849 e. The van der Waals surface area contributed by atoms with E-state index in [0.29, 0.717) is 6.54 Å². The first-order valence-electron chi connectivity index (χ1n) is 4.11. The molecule has 0 atom stereocenters. The van der Waals surface area contributed by atoms with Crippen LogP contribution in [0.25, 0.3) is 0 Å². The summed E-state index contributed by atoms with van der Waals surface area (Å²) in [6, 6.07) is 5.95. The SMILES string of the molecule is Cc1cccc(Cn2ccnn2)n1. The Morgan fingerprint density at radius 3 is 3.00 bits per heavy atom. The number of hydrogen-bond acceptors (Lipinski definition) is 3. The molecule has 4 heteroatoms. The van der Waals surface area contributed by atoms with Gasteiger partial charge in [0.2, 0.25) is 0 Å². The minimum absolute atomic E-state index is 0.682. The van der Waals surface area contributed by atoms with Gasteiger partial charge in [0, 0.05) is 11.9 Å². The molecule has 0 saturated carbocycles. The third-order valence-corrected chi connectivity index (χ3v) is 1.74. The highest BCUT2D eigenvalue weighted by Gasteiger charge is 1.96. The van der Waals surface area contributed by atoms with Gasteiger partial charge in [-0.05, 0) is 19.1 Å². The van der Waals surface area contributed by atoms with Gasteiger partial charge in [-0.15, -0.1) is 5.10 Å². The van der Waals surface area contributed by atoms with Crippen LogP contribution in [-0.2, 0) is 6.54 Å². The molecule has 2 aromatic rings. The predicted molar refractivity (Wildman–Crippen MR) is 48.1 cm³/mol. The standard InChI is InChI=1S/C9H10N4/c1-8-3-2-4-9(11-8)7-13-6-5-10-12-13/h2-6H,7H2,1H3. The fourth-order valence-electron chi connectivity index (χ4n) is 1.17. The summed E-state index contributed by atoms with van der Waals surface area (Å²) >= 11 is 0. The first kappa shape index (κ1) is 7.91. The highest BCUT2D eigenvalue weighted by molar-refractivity contribution is 5.09. The first-order chi connectivity index (χ1) is 6.34. The van der Waals surface area contributed by atoms with Crippen LogP contribution in [0.2, 0.25) is 0 Å². The lowest BCUT2D eigenvalue weighted by Crippen LogP contribution is -2.02. The van der Waals surface area contributed by atoms with E-state index in [0.717, 1.165) is 11.4 Å². The number of hydrogen-bond donors (Lipinski definition) is 0. The second-order valence-corrected chi connectivity index (χ2v) is 2.87. The van der Waals surface area contributed by atoms with Crippen LogP contribution >= 0.6 is 0 Å². The van der Waals surface area contributed by atoms with Crippen LogP contribution in [0.1, 0.15) is 11.4 Å². The Morgan fingerprint density at radius 1 is 1.38 bits per heavy atom. The van der Waals surface area contributed by atoms with Crippen LogP contribution in [0.5, 0.6) is 0 Å². The maximum atomic E-state index is 4.36. The number of nitrogens with zero attached hydrogens (tertiary/aromatic N) is 4. The molecular formula is C9H10N4. The molecule has 0 spiro atoms. The molecule has 66 valence electrons. The van der Waals surface area contributed by atoms with Gasteiger partial charge in [-0.1, -0.05) is 11.3 Å². The van der Waals surface area contributed by atoms with Gasteiger partial charge in [0.15, 0.2) is 0 Å². The average molecular weight is 174 g/mol. The van der Waals surface area contributed by atoms with Crippen LogP contribution in [0.3, 0.4) is 0 Å². The van der Waals surface area contributed by atoms with Crippen molar-refractivity contribution >= 4 is 0 Å². The molecule has 0 N–H and O–H groups in total. The van der Waals surface area contributed by atoms with Gasteiger partial charge in [0.25, 0.3) is 0 Å². The minimum Gasteiger partial charge on any atom is -0.256 e. The Labute approximate surface area is 76.2 Å². The van der Waals surface area contributed by atoms with Gasteiger partial charge >= 0.3 is 0 Å². The Balaban J connectivity index is 2.19. The third kappa shape index (κ3) is 1.90. The number of pyridine rings is 1. The second kappa shape index (κ2) is 3.35. The van der Waals surface area contributed by atoms with E-state index in [4.69, 9.17) is 0 Å². The molecule has 0 aliphatic heterocycles. The first-order valence-corrected chi connectivity index (χ1v) is 4.11. The Morgan fingerprint density at radius 2 is 2.31 bits per heavy atom. The maximum absolute atomic E-state index is 4.36. The Hall–Kier alpha value is -1.71. The molecule has 0 unspecified atom stereocenters. The van der Waals surface area contributed by atoms with Crippen molar-refractivity contribution in [1.82, 2.24) is 20.0 Å². The van der Waals surface area contributed by atoms with E-state index in [1.54, 1.807) is 10.9 Å². The topological polar surface area (TPSA) is 43.6 Å². The Kier molecular flexibility index (Phi) is 2.04. The zero-order valence-electron chi connectivity index (χ0n) is 7.38. The van der Waals surface area contributed by atoms with Gasteiger partial charge < -0.3 is 0 Å². The zero-order valence-corrected chi connectivity index (χ0v) is 7.38. The molecule has 0 amide bonds. The Bertz CT molecular complexity index is 380. The quantitative estimate of drug-likeness (QED) is 0.683. The molecular weight excluding hydrogens is 164 g/mol. The molecule has 13 heavy (non-hydrogen) atoms. The molecule has 0 radical (unpaired) electrons. The summed E-state index contributed by atoms with van der Waals surface area (Å²) in [5, 5.41) is 7.59. The van der Waals surface area contributed by atoms with Gasteiger partial charge in [-0.2, -0.15) is 0 Å². The van der Waals surface area contributed by atoms with Crippen molar-refractivity contribution in [1.29, 1.82) is 0 Å². The maximum Gasteiger partial charge on any atom is 0.0849 e. The van der Waals surface area contributed by atoms with Crippen LogP contribution < -0.4 is 0 Å². The summed E-state index contributed by atoms with van der Waals surface area (Å²) in [4.78, 5) is 4.36.